The van der Waals surface area contributed by atoms with Gasteiger partial charge in [-0.15, -0.1) is 6.58 Å². The molecule has 0 radical (unpaired) electrons. The molecular weight excluding hydrogens is 186 g/mol. The van der Waals surface area contributed by atoms with Crippen LogP contribution in [0.1, 0.15) is 13.2 Å². The Hall–Kier alpha value is -1.69. The van der Waals surface area contributed by atoms with E-state index in [1.54, 1.807) is 13.0 Å². The first-order valence-corrected chi connectivity index (χ1v) is 4.06. The number of rotatable bonds is 5. The Morgan fingerprint density at radius 2 is 2.64 bits per heavy atom. The highest BCUT2D eigenvalue weighted by Crippen LogP contribution is 2.15. The summed E-state index contributed by atoms with van der Waals surface area (Å²) in [6, 6.07) is 0. The van der Waals surface area contributed by atoms with Crippen LogP contribution in [-0.4, -0.2) is 21.1 Å². The van der Waals surface area contributed by atoms with Gasteiger partial charge in [0.2, 0.25) is 0 Å². The van der Waals surface area contributed by atoms with Crippen LogP contribution in [0.25, 0.3) is 0 Å². The minimum absolute atomic E-state index is 0.221. The van der Waals surface area contributed by atoms with Crippen LogP contribution >= 0.6 is 0 Å². The summed E-state index contributed by atoms with van der Waals surface area (Å²) < 4.78 is 6.58. The maximum atomic E-state index is 10.5. The van der Waals surface area contributed by atoms with Gasteiger partial charge in [-0.25, -0.2) is 4.57 Å². The van der Waals surface area contributed by atoms with Gasteiger partial charge in [0.25, 0.3) is 0 Å². The summed E-state index contributed by atoms with van der Waals surface area (Å²) in [4.78, 5) is 13.6. The van der Waals surface area contributed by atoms with E-state index in [0.717, 1.165) is 0 Å². The molecule has 0 aliphatic rings. The molecule has 0 aromatic carbocycles. The molecule has 1 aromatic heterocycles. The third-order valence-electron chi connectivity index (χ3n) is 1.66. The molecule has 14 heavy (non-hydrogen) atoms. The summed E-state index contributed by atoms with van der Waals surface area (Å²) in [7, 11) is 0. The predicted octanol–water partition coefficient (Wildman–Crippen LogP) is 1.51. The zero-order valence-corrected chi connectivity index (χ0v) is 7.79. The molecule has 0 saturated heterocycles. The molecule has 6 nitrogen and oxygen atoms in total. The zero-order valence-electron chi connectivity index (χ0n) is 7.79. The predicted molar refractivity (Wildman–Crippen MR) is 49.7 cm³/mol. The van der Waals surface area contributed by atoms with Crippen LogP contribution in [0.5, 0.6) is 0 Å². The largest absolute Gasteiger partial charge is 0.436 e. The monoisotopic (exact) mass is 197 g/mol. The first-order chi connectivity index (χ1) is 6.66. The molecule has 0 aliphatic heterocycles. The molecule has 0 fully saturated rings. The number of hydrogen-bond donors (Lipinski definition) is 0. The van der Waals surface area contributed by atoms with E-state index in [0.29, 0.717) is 6.61 Å². The van der Waals surface area contributed by atoms with Gasteiger partial charge in [0, 0.05) is 0 Å². The fraction of sp³-hybridized carbons (Fsp3) is 0.375. The molecule has 0 spiro atoms. The lowest BCUT2D eigenvalue weighted by atomic mass is 10.6. The highest BCUT2D eigenvalue weighted by molar-refractivity contribution is 5.07. The van der Waals surface area contributed by atoms with Crippen LogP contribution < -0.4 is 0 Å². The van der Waals surface area contributed by atoms with Gasteiger partial charge in [0.05, 0.1) is 6.61 Å². The molecule has 1 rings (SSSR count). The van der Waals surface area contributed by atoms with E-state index in [1.165, 1.54) is 17.0 Å². The lowest BCUT2D eigenvalue weighted by Gasteiger charge is -2.10. The van der Waals surface area contributed by atoms with Gasteiger partial charge in [-0.2, -0.15) is 0 Å². The van der Waals surface area contributed by atoms with E-state index in [2.05, 4.69) is 11.6 Å². The highest BCUT2D eigenvalue weighted by atomic mass is 16.6. The summed E-state index contributed by atoms with van der Waals surface area (Å²) in [5.74, 6) is -0.221. The van der Waals surface area contributed by atoms with Crippen molar-refractivity contribution in [2.45, 2.75) is 13.2 Å². The molecule has 1 aromatic rings. The van der Waals surface area contributed by atoms with Crippen LogP contribution in [0.2, 0.25) is 0 Å². The summed E-state index contributed by atoms with van der Waals surface area (Å²) >= 11 is 0. The van der Waals surface area contributed by atoms with E-state index in [-0.39, 0.29) is 5.95 Å². The number of hydrogen-bond acceptors (Lipinski definition) is 4. The van der Waals surface area contributed by atoms with Gasteiger partial charge < -0.3 is 14.9 Å². The van der Waals surface area contributed by atoms with Crippen LogP contribution in [0.3, 0.4) is 0 Å². The molecule has 0 bridgehead atoms. The number of nitro groups is 1. The Kier molecular flexibility index (Phi) is 3.35. The topological polar surface area (TPSA) is 70.2 Å². The van der Waals surface area contributed by atoms with Gasteiger partial charge >= 0.3 is 5.95 Å². The normalized spacial score (nSPS) is 12.4. The Balaban J connectivity index is 2.78. The fourth-order valence-electron chi connectivity index (χ4n) is 1.02. The molecule has 76 valence electrons. The molecule has 0 saturated carbocycles. The molecule has 6 heteroatoms. The first-order valence-electron chi connectivity index (χ1n) is 4.06. The van der Waals surface area contributed by atoms with E-state index >= 15 is 0 Å². The SMILES string of the molecule is C=CCOC(C)n1ccnc1[N+](=O)[O-]. The second kappa shape index (κ2) is 4.52. The molecule has 0 aliphatic carbocycles. The number of nitrogens with zero attached hydrogens (tertiary/aromatic N) is 3. The average Bonchev–Trinajstić information content (AvgIpc) is 2.62. The summed E-state index contributed by atoms with van der Waals surface area (Å²) in [6.45, 7) is 5.54. The van der Waals surface area contributed by atoms with Crippen molar-refractivity contribution in [2.75, 3.05) is 6.61 Å². The zero-order chi connectivity index (χ0) is 10.6. The van der Waals surface area contributed by atoms with Gasteiger partial charge in [0.1, 0.15) is 12.4 Å². The van der Waals surface area contributed by atoms with Gasteiger partial charge in [-0.3, -0.25) is 0 Å². The minimum atomic E-state index is -0.548. The fourth-order valence-corrected chi connectivity index (χ4v) is 1.02. The maximum Gasteiger partial charge on any atom is 0.436 e. The quantitative estimate of drug-likeness (QED) is 0.407. The lowest BCUT2D eigenvalue weighted by molar-refractivity contribution is -0.398. The molecule has 0 N–H and O–H groups in total. The average molecular weight is 197 g/mol. The molecular formula is C8H11N3O3. The van der Waals surface area contributed by atoms with E-state index in [1.807, 2.05) is 0 Å². The van der Waals surface area contributed by atoms with Crippen molar-refractivity contribution in [1.82, 2.24) is 9.55 Å². The van der Waals surface area contributed by atoms with Gasteiger partial charge in [0.15, 0.2) is 6.23 Å². The van der Waals surface area contributed by atoms with Crippen molar-refractivity contribution in [3.63, 3.8) is 0 Å². The third kappa shape index (κ3) is 2.17. The lowest BCUT2D eigenvalue weighted by Crippen LogP contribution is -2.11. The van der Waals surface area contributed by atoms with Crippen molar-refractivity contribution in [2.24, 2.45) is 0 Å². The second-order valence-corrected chi connectivity index (χ2v) is 2.61. The Morgan fingerprint density at radius 3 is 3.21 bits per heavy atom. The first kappa shape index (κ1) is 10.4. The van der Waals surface area contributed by atoms with Crippen LogP contribution in [-0.2, 0) is 4.74 Å². The van der Waals surface area contributed by atoms with Crippen molar-refractivity contribution in [1.29, 1.82) is 0 Å². The van der Waals surface area contributed by atoms with Gasteiger partial charge in [-0.1, -0.05) is 11.1 Å². The molecule has 0 amide bonds. The number of imidazole rings is 1. The van der Waals surface area contributed by atoms with Crippen LogP contribution in [0.15, 0.2) is 25.0 Å². The molecule has 1 atom stereocenters. The van der Waals surface area contributed by atoms with E-state index in [4.69, 9.17) is 4.74 Å². The van der Waals surface area contributed by atoms with Crippen molar-refractivity contribution in [3.05, 3.63) is 35.2 Å². The standard InChI is InChI=1S/C8H11N3O3/c1-3-6-14-7(2)10-5-4-9-8(10)11(12)13/h3-5,7H,1,6H2,2H3. The van der Waals surface area contributed by atoms with Crippen molar-refractivity contribution in [3.8, 4) is 0 Å². The summed E-state index contributed by atoms with van der Waals surface area (Å²) in [5, 5.41) is 10.5. The molecule has 1 unspecified atom stereocenters. The van der Waals surface area contributed by atoms with Crippen molar-refractivity contribution < 1.29 is 9.66 Å². The number of aromatic nitrogens is 2. The third-order valence-corrected chi connectivity index (χ3v) is 1.66. The summed E-state index contributed by atoms with van der Waals surface area (Å²) in [5.41, 5.74) is 0. The van der Waals surface area contributed by atoms with Crippen LogP contribution in [0.4, 0.5) is 5.95 Å². The van der Waals surface area contributed by atoms with Crippen LogP contribution in [0, 0.1) is 10.1 Å². The Morgan fingerprint density at radius 1 is 1.93 bits per heavy atom. The van der Waals surface area contributed by atoms with E-state index in [9.17, 15) is 10.1 Å². The maximum absolute atomic E-state index is 10.5. The molecule has 1 heterocycles. The smallest absolute Gasteiger partial charge is 0.390 e. The Labute approximate surface area is 81.0 Å². The van der Waals surface area contributed by atoms with Crippen molar-refractivity contribution >= 4 is 5.95 Å². The highest BCUT2D eigenvalue weighted by Gasteiger charge is 2.19. The van der Waals surface area contributed by atoms with Gasteiger partial charge in [-0.05, 0) is 11.8 Å². The Bertz CT molecular complexity index is 334. The minimum Gasteiger partial charge on any atom is -0.390 e. The van der Waals surface area contributed by atoms with E-state index < -0.39 is 11.2 Å². The second-order valence-electron chi connectivity index (χ2n) is 2.61. The number of ether oxygens (including phenoxy) is 1. The summed E-state index contributed by atoms with van der Waals surface area (Å²) in [6.07, 6.45) is 4.03.